The summed E-state index contributed by atoms with van der Waals surface area (Å²) in [6, 6.07) is 4.71. The van der Waals surface area contributed by atoms with Gasteiger partial charge < -0.3 is 5.32 Å². The molecule has 1 aromatic rings. The van der Waals surface area contributed by atoms with Crippen molar-refractivity contribution in [2.24, 2.45) is 11.3 Å². The Labute approximate surface area is 105 Å². The van der Waals surface area contributed by atoms with E-state index in [9.17, 15) is 0 Å². The summed E-state index contributed by atoms with van der Waals surface area (Å²) in [6.45, 7) is 10.3. The lowest BCUT2D eigenvalue weighted by Crippen LogP contribution is -2.35. The predicted molar refractivity (Wildman–Crippen MR) is 71.9 cm³/mol. The maximum absolute atomic E-state index is 4.52. The van der Waals surface area contributed by atoms with Crippen LogP contribution in [0.4, 0.5) is 0 Å². The number of nitrogens with one attached hydrogen (secondary N) is 1. The fourth-order valence-electron chi connectivity index (χ4n) is 2.20. The molecule has 0 fully saturated rings. The van der Waals surface area contributed by atoms with Crippen LogP contribution in [-0.2, 0) is 6.42 Å². The molecule has 1 atom stereocenters. The maximum atomic E-state index is 4.52. The van der Waals surface area contributed by atoms with Gasteiger partial charge in [0.05, 0.1) is 11.7 Å². The summed E-state index contributed by atoms with van der Waals surface area (Å²) in [7, 11) is 0. The first-order valence-electron chi connectivity index (χ1n) is 6.68. The summed E-state index contributed by atoms with van der Waals surface area (Å²) in [5.41, 5.74) is 3.04. The largest absolute Gasteiger partial charge is 0.308 e. The van der Waals surface area contributed by atoms with E-state index in [2.05, 4.69) is 44.1 Å². The molecule has 0 saturated heterocycles. The molecule has 0 saturated carbocycles. The van der Waals surface area contributed by atoms with Gasteiger partial charge in [0.2, 0.25) is 0 Å². The molecule has 1 aliphatic rings. The standard InChI is InChI=1S/C15H24N2/c1-11(2)15(3,4)10-17-13-8-7-12-6-5-9-16-14(12)13/h5-6,9,11,13,17H,7-8,10H2,1-4H3. The molecule has 2 heteroatoms. The second-order valence-corrected chi connectivity index (χ2v) is 6.16. The molecule has 1 aliphatic carbocycles. The Balaban J connectivity index is 1.99. The molecular weight excluding hydrogens is 208 g/mol. The van der Waals surface area contributed by atoms with Gasteiger partial charge in [-0.25, -0.2) is 0 Å². The van der Waals surface area contributed by atoms with Gasteiger partial charge in [-0.15, -0.1) is 0 Å². The number of nitrogens with zero attached hydrogens (tertiary/aromatic N) is 1. The third-order valence-corrected chi connectivity index (χ3v) is 4.33. The summed E-state index contributed by atoms with van der Waals surface area (Å²) in [5, 5.41) is 3.70. The lowest BCUT2D eigenvalue weighted by atomic mass is 9.81. The summed E-state index contributed by atoms with van der Waals surface area (Å²) in [4.78, 5) is 4.52. The van der Waals surface area contributed by atoms with Gasteiger partial charge in [0.15, 0.2) is 0 Å². The molecule has 2 rings (SSSR count). The predicted octanol–water partition coefficient (Wildman–Crippen LogP) is 3.34. The number of hydrogen-bond donors (Lipinski definition) is 1. The van der Waals surface area contributed by atoms with Crippen LogP contribution in [-0.4, -0.2) is 11.5 Å². The monoisotopic (exact) mass is 232 g/mol. The van der Waals surface area contributed by atoms with Crippen LogP contribution >= 0.6 is 0 Å². The molecule has 1 heterocycles. The van der Waals surface area contributed by atoms with Crippen molar-refractivity contribution in [2.75, 3.05) is 6.54 Å². The normalized spacial score (nSPS) is 19.7. The van der Waals surface area contributed by atoms with Crippen molar-refractivity contribution in [3.8, 4) is 0 Å². The highest BCUT2D eigenvalue weighted by atomic mass is 15.0. The SMILES string of the molecule is CC(C)C(C)(C)CNC1CCc2cccnc21. The summed E-state index contributed by atoms with van der Waals surface area (Å²) in [6.07, 6.45) is 4.27. The Kier molecular flexibility index (Phi) is 3.53. The van der Waals surface area contributed by atoms with Crippen molar-refractivity contribution < 1.29 is 0 Å². The van der Waals surface area contributed by atoms with Crippen LogP contribution in [0.3, 0.4) is 0 Å². The van der Waals surface area contributed by atoms with Gasteiger partial charge in [-0.05, 0) is 35.8 Å². The first-order valence-corrected chi connectivity index (χ1v) is 6.68. The van der Waals surface area contributed by atoms with E-state index in [1.807, 2.05) is 12.3 Å². The van der Waals surface area contributed by atoms with E-state index < -0.39 is 0 Å². The smallest absolute Gasteiger partial charge is 0.0605 e. The van der Waals surface area contributed by atoms with Crippen LogP contribution in [0.2, 0.25) is 0 Å². The number of pyridine rings is 1. The highest BCUT2D eigenvalue weighted by molar-refractivity contribution is 5.27. The molecular formula is C15H24N2. The molecule has 17 heavy (non-hydrogen) atoms. The Morgan fingerprint density at radius 3 is 2.94 bits per heavy atom. The minimum absolute atomic E-state index is 0.345. The molecule has 1 unspecified atom stereocenters. The zero-order chi connectivity index (χ0) is 12.5. The van der Waals surface area contributed by atoms with Crippen molar-refractivity contribution in [3.05, 3.63) is 29.6 Å². The highest BCUT2D eigenvalue weighted by Gasteiger charge is 2.27. The van der Waals surface area contributed by atoms with E-state index in [0.717, 1.165) is 6.54 Å². The van der Waals surface area contributed by atoms with Gasteiger partial charge >= 0.3 is 0 Å². The van der Waals surface area contributed by atoms with E-state index in [1.165, 1.54) is 24.1 Å². The topological polar surface area (TPSA) is 24.9 Å². The fourth-order valence-corrected chi connectivity index (χ4v) is 2.20. The maximum Gasteiger partial charge on any atom is 0.0605 e. The average molecular weight is 232 g/mol. The lowest BCUT2D eigenvalue weighted by molar-refractivity contribution is 0.227. The highest BCUT2D eigenvalue weighted by Crippen LogP contribution is 2.31. The molecule has 0 spiro atoms. The molecule has 0 bridgehead atoms. The van der Waals surface area contributed by atoms with Crippen LogP contribution in [0, 0.1) is 11.3 Å². The third-order valence-electron chi connectivity index (χ3n) is 4.33. The number of rotatable bonds is 4. The Morgan fingerprint density at radius 2 is 2.24 bits per heavy atom. The lowest BCUT2D eigenvalue weighted by Gasteiger charge is -2.31. The van der Waals surface area contributed by atoms with Crippen molar-refractivity contribution in [1.29, 1.82) is 0 Å². The summed E-state index contributed by atoms with van der Waals surface area (Å²) in [5.74, 6) is 0.694. The Morgan fingerprint density at radius 1 is 1.47 bits per heavy atom. The summed E-state index contributed by atoms with van der Waals surface area (Å²) >= 11 is 0. The first-order chi connectivity index (χ1) is 8.00. The Hall–Kier alpha value is -0.890. The van der Waals surface area contributed by atoms with E-state index in [0.29, 0.717) is 17.4 Å². The number of aromatic nitrogens is 1. The molecule has 0 amide bonds. The van der Waals surface area contributed by atoms with Crippen molar-refractivity contribution in [2.45, 2.75) is 46.6 Å². The summed E-state index contributed by atoms with van der Waals surface area (Å²) < 4.78 is 0. The van der Waals surface area contributed by atoms with Gasteiger partial charge in [-0.2, -0.15) is 0 Å². The first kappa shape index (κ1) is 12.6. The van der Waals surface area contributed by atoms with E-state index >= 15 is 0 Å². The van der Waals surface area contributed by atoms with Crippen LogP contribution in [0.15, 0.2) is 18.3 Å². The van der Waals surface area contributed by atoms with E-state index in [4.69, 9.17) is 0 Å². The zero-order valence-corrected chi connectivity index (χ0v) is 11.5. The second kappa shape index (κ2) is 4.77. The fraction of sp³-hybridized carbons (Fsp3) is 0.667. The number of aryl methyl sites for hydroxylation is 1. The van der Waals surface area contributed by atoms with Gasteiger partial charge in [0.25, 0.3) is 0 Å². The van der Waals surface area contributed by atoms with Crippen LogP contribution in [0.5, 0.6) is 0 Å². The number of hydrogen-bond acceptors (Lipinski definition) is 2. The van der Waals surface area contributed by atoms with Crippen molar-refractivity contribution in [3.63, 3.8) is 0 Å². The molecule has 1 aromatic heterocycles. The minimum Gasteiger partial charge on any atom is -0.308 e. The molecule has 0 aromatic carbocycles. The minimum atomic E-state index is 0.345. The van der Waals surface area contributed by atoms with Gasteiger partial charge in [0, 0.05) is 12.7 Å². The van der Waals surface area contributed by atoms with E-state index in [1.54, 1.807) is 0 Å². The van der Waals surface area contributed by atoms with Gasteiger partial charge in [0.1, 0.15) is 0 Å². The molecule has 0 radical (unpaired) electrons. The van der Waals surface area contributed by atoms with Crippen LogP contribution in [0.1, 0.15) is 51.4 Å². The number of fused-ring (bicyclic) bond motifs is 1. The molecule has 94 valence electrons. The van der Waals surface area contributed by atoms with Crippen molar-refractivity contribution >= 4 is 0 Å². The van der Waals surface area contributed by atoms with Gasteiger partial charge in [-0.3, -0.25) is 4.98 Å². The zero-order valence-electron chi connectivity index (χ0n) is 11.5. The quantitative estimate of drug-likeness (QED) is 0.861. The third kappa shape index (κ3) is 2.68. The molecule has 1 N–H and O–H groups in total. The van der Waals surface area contributed by atoms with Crippen LogP contribution in [0.25, 0.3) is 0 Å². The second-order valence-electron chi connectivity index (χ2n) is 6.16. The van der Waals surface area contributed by atoms with Gasteiger partial charge in [-0.1, -0.05) is 33.8 Å². The average Bonchev–Trinajstić information content (AvgIpc) is 2.69. The van der Waals surface area contributed by atoms with Crippen molar-refractivity contribution in [1.82, 2.24) is 10.3 Å². The van der Waals surface area contributed by atoms with Crippen LogP contribution < -0.4 is 5.32 Å². The molecule has 2 nitrogen and oxygen atoms in total. The van der Waals surface area contributed by atoms with E-state index in [-0.39, 0.29) is 0 Å². The molecule has 0 aliphatic heterocycles. The Bertz CT molecular complexity index is 382.